The van der Waals surface area contributed by atoms with Crippen molar-refractivity contribution in [3.05, 3.63) is 35.4 Å². The zero-order valence-corrected chi connectivity index (χ0v) is 18.0. The highest BCUT2D eigenvalue weighted by molar-refractivity contribution is 5.79. The topological polar surface area (TPSA) is 64.7 Å². The number of nitrogens with zero attached hydrogens (tertiary/aromatic N) is 2. The van der Waals surface area contributed by atoms with Gasteiger partial charge in [0.15, 0.2) is 0 Å². The Labute approximate surface area is 169 Å². The summed E-state index contributed by atoms with van der Waals surface area (Å²) >= 11 is 0. The van der Waals surface area contributed by atoms with Crippen molar-refractivity contribution in [2.75, 3.05) is 46.3 Å². The summed E-state index contributed by atoms with van der Waals surface area (Å²) < 4.78 is 0. The number of carbonyl (C=O) groups excluding carboxylic acids is 2. The second kappa shape index (κ2) is 10.6. The highest BCUT2D eigenvalue weighted by Crippen LogP contribution is 2.24. The minimum Gasteiger partial charge on any atom is -0.358 e. The fraction of sp³-hybridized carbons (Fsp3) is 0.636. The quantitative estimate of drug-likeness (QED) is 0.715. The lowest BCUT2D eigenvalue weighted by atomic mass is 9.93. The molecule has 0 bridgehead atoms. The summed E-state index contributed by atoms with van der Waals surface area (Å²) in [6, 6.07) is 8.87. The largest absolute Gasteiger partial charge is 0.358 e. The second-order valence-electron chi connectivity index (χ2n) is 8.25. The Kier molecular flexibility index (Phi) is 8.45. The zero-order valence-electron chi connectivity index (χ0n) is 18.0. The van der Waals surface area contributed by atoms with Crippen molar-refractivity contribution in [1.82, 2.24) is 20.4 Å². The number of hydrogen-bond donors (Lipinski definition) is 2. The van der Waals surface area contributed by atoms with Crippen molar-refractivity contribution >= 4 is 11.8 Å². The maximum atomic E-state index is 12.7. The van der Waals surface area contributed by atoms with Crippen LogP contribution in [-0.2, 0) is 9.59 Å². The number of benzene rings is 1. The molecule has 28 heavy (non-hydrogen) atoms. The molecule has 1 aromatic rings. The van der Waals surface area contributed by atoms with Crippen molar-refractivity contribution in [2.45, 2.75) is 39.7 Å². The standard InChI is InChI=1S/C22H36N4O2/c1-16(2)18-6-8-19(9-7-18)22(17(3)4)24-14-21(28)26-12-10-25(11-13-26)15-20(27)23-5/h6-9,16-17,22,24H,10-15H2,1-5H3,(H,23,27)/t22-/m1/s1. The van der Waals surface area contributed by atoms with Crippen molar-refractivity contribution in [1.29, 1.82) is 0 Å². The number of likely N-dealkylation sites (N-methyl/N-ethyl adjacent to an activating group) is 1. The van der Waals surface area contributed by atoms with E-state index < -0.39 is 0 Å². The predicted molar refractivity (Wildman–Crippen MR) is 113 cm³/mol. The summed E-state index contributed by atoms with van der Waals surface area (Å²) in [5.74, 6) is 1.05. The summed E-state index contributed by atoms with van der Waals surface area (Å²) in [6.07, 6.45) is 0. The Morgan fingerprint density at radius 2 is 1.54 bits per heavy atom. The van der Waals surface area contributed by atoms with Crippen molar-refractivity contribution in [3.8, 4) is 0 Å². The van der Waals surface area contributed by atoms with Gasteiger partial charge in [0.2, 0.25) is 11.8 Å². The summed E-state index contributed by atoms with van der Waals surface area (Å²) in [5.41, 5.74) is 2.56. The van der Waals surface area contributed by atoms with Crippen LogP contribution in [0.5, 0.6) is 0 Å². The van der Waals surface area contributed by atoms with Gasteiger partial charge in [-0.3, -0.25) is 14.5 Å². The first kappa shape index (κ1) is 22.4. The normalized spacial score (nSPS) is 16.5. The molecule has 1 aliphatic rings. The van der Waals surface area contributed by atoms with Gasteiger partial charge < -0.3 is 15.5 Å². The van der Waals surface area contributed by atoms with Gasteiger partial charge in [-0.25, -0.2) is 0 Å². The number of hydrogen-bond acceptors (Lipinski definition) is 4. The molecule has 1 fully saturated rings. The van der Waals surface area contributed by atoms with E-state index in [1.807, 2.05) is 4.90 Å². The second-order valence-corrected chi connectivity index (χ2v) is 8.25. The van der Waals surface area contributed by atoms with Crippen LogP contribution >= 0.6 is 0 Å². The van der Waals surface area contributed by atoms with Gasteiger partial charge in [-0.05, 0) is 23.0 Å². The maximum absolute atomic E-state index is 12.7. The van der Waals surface area contributed by atoms with Crippen LogP contribution in [0, 0.1) is 5.92 Å². The Balaban J connectivity index is 1.86. The fourth-order valence-electron chi connectivity index (χ4n) is 3.57. The van der Waals surface area contributed by atoms with Crippen molar-refractivity contribution in [2.24, 2.45) is 5.92 Å². The molecular formula is C22H36N4O2. The number of nitrogens with one attached hydrogen (secondary N) is 2. The monoisotopic (exact) mass is 388 g/mol. The summed E-state index contributed by atoms with van der Waals surface area (Å²) in [4.78, 5) is 28.1. The SMILES string of the molecule is CNC(=O)CN1CCN(C(=O)CN[C@@H](c2ccc(C(C)C)cc2)C(C)C)CC1. The molecule has 1 atom stereocenters. The van der Waals surface area contributed by atoms with Gasteiger partial charge in [0.1, 0.15) is 0 Å². The molecule has 0 aromatic heterocycles. The third-order valence-electron chi connectivity index (χ3n) is 5.47. The summed E-state index contributed by atoms with van der Waals surface area (Å²) in [6.45, 7) is 12.3. The fourth-order valence-corrected chi connectivity index (χ4v) is 3.57. The lowest BCUT2D eigenvalue weighted by Crippen LogP contribution is -2.52. The predicted octanol–water partition coefficient (Wildman–Crippen LogP) is 1.99. The van der Waals surface area contributed by atoms with Crippen LogP contribution in [0.4, 0.5) is 0 Å². The third kappa shape index (κ3) is 6.31. The Morgan fingerprint density at radius 3 is 2.04 bits per heavy atom. The molecule has 2 N–H and O–H groups in total. The van der Waals surface area contributed by atoms with Gasteiger partial charge in [-0.2, -0.15) is 0 Å². The van der Waals surface area contributed by atoms with Gasteiger partial charge >= 0.3 is 0 Å². The molecular weight excluding hydrogens is 352 g/mol. The van der Waals surface area contributed by atoms with E-state index in [0.29, 0.717) is 38.0 Å². The first-order valence-electron chi connectivity index (χ1n) is 10.4. The maximum Gasteiger partial charge on any atom is 0.236 e. The summed E-state index contributed by atoms with van der Waals surface area (Å²) in [5, 5.41) is 6.11. The van der Waals surface area contributed by atoms with Crippen LogP contribution in [0.15, 0.2) is 24.3 Å². The van der Waals surface area contributed by atoms with Crippen LogP contribution < -0.4 is 10.6 Å². The van der Waals surface area contributed by atoms with Crippen molar-refractivity contribution < 1.29 is 9.59 Å². The molecule has 2 rings (SSSR count). The first-order valence-corrected chi connectivity index (χ1v) is 10.4. The van der Waals surface area contributed by atoms with E-state index >= 15 is 0 Å². The van der Waals surface area contributed by atoms with Crippen molar-refractivity contribution in [3.63, 3.8) is 0 Å². The average molecular weight is 389 g/mol. The molecule has 0 radical (unpaired) electrons. The first-order chi connectivity index (χ1) is 13.3. The summed E-state index contributed by atoms with van der Waals surface area (Å²) in [7, 11) is 1.65. The van der Waals surface area contributed by atoms with E-state index in [2.05, 4.69) is 67.5 Å². The van der Waals surface area contributed by atoms with E-state index in [4.69, 9.17) is 0 Å². The molecule has 2 amide bonds. The molecule has 0 aliphatic carbocycles. The van der Waals surface area contributed by atoms with Gasteiger partial charge in [-0.1, -0.05) is 52.0 Å². The average Bonchev–Trinajstić information content (AvgIpc) is 2.68. The van der Waals surface area contributed by atoms with Crippen LogP contribution in [0.1, 0.15) is 50.8 Å². The molecule has 1 aliphatic heterocycles. The van der Waals surface area contributed by atoms with Gasteiger partial charge in [0, 0.05) is 39.3 Å². The van der Waals surface area contributed by atoms with Gasteiger partial charge in [-0.15, -0.1) is 0 Å². The highest BCUT2D eigenvalue weighted by atomic mass is 16.2. The number of carbonyl (C=O) groups is 2. The van der Waals surface area contributed by atoms with Crippen LogP contribution in [0.2, 0.25) is 0 Å². The van der Waals surface area contributed by atoms with Crippen LogP contribution in [0.3, 0.4) is 0 Å². The molecule has 1 saturated heterocycles. The molecule has 0 unspecified atom stereocenters. The Bertz CT molecular complexity index is 634. The zero-order chi connectivity index (χ0) is 20.7. The van der Waals surface area contributed by atoms with E-state index in [1.54, 1.807) is 7.05 Å². The minimum absolute atomic E-state index is 0.0182. The van der Waals surface area contributed by atoms with Crippen LogP contribution in [-0.4, -0.2) is 67.9 Å². The van der Waals surface area contributed by atoms with E-state index in [9.17, 15) is 9.59 Å². The van der Waals surface area contributed by atoms with Crippen LogP contribution in [0.25, 0.3) is 0 Å². The number of piperazine rings is 1. The van der Waals surface area contributed by atoms with E-state index in [0.717, 1.165) is 13.1 Å². The van der Waals surface area contributed by atoms with E-state index in [-0.39, 0.29) is 17.9 Å². The Hall–Kier alpha value is -1.92. The van der Waals surface area contributed by atoms with E-state index in [1.165, 1.54) is 11.1 Å². The van der Waals surface area contributed by atoms with Gasteiger partial charge in [0.05, 0.1) is 13.1 Å². The molecule has 156 valence electrons. The lowest BCUT2D eigenvalue weighted by Gasteiger charge is -2.34. The third-order valence-corrected chi connectivity index (χ3v) is 5.47. The molecule has 1 aromatic carbocycles. The number of amides is 2. The van der Waals surface area contributed by atoms with Gasteiger partial charge in [0.25, 0.3) is 0 Å². The lowest BCUT2D eigenvalue weighted by molar-refractivity contribution is -0.132. The Morgan fingerprint density at radius 1 is 0.964 bits per heavy atom. The molecule has 6 heteroatoms. The molecule has 0 saturated carbocycles. The minimum atomic E-state index is 0.0182. The smallest absolute Gasteiger partial charge is 0.236 e. The number of rotatable bonds is 8. The highest BCUT2D eigenvalue weighted by Gasteiger charge is 2.23. The molecule has 6 nitrogen and oxygen atoms in total. The molecule has 1 heterocycles. The molecule has 0 spiro atoms.